The van der Waals surface area contributed by atoms with E-state index in [-0.39, 0.29) is 5.76 Å². The maximum atomic E-state index is 11.1. The van der Waals surface area contributed by atoms with E-state index >= 15 is 0 Å². The van der Waals surface area contributed by atoms with Gasteiger partial charge in [0.05, 0.1) is 13.7 Å². The highest BCUT2D eigenvalue weighted by Crippen LogP contribution is 2.09. The van der Waals surface area contributed by atoms with Crippen molar-refractivity contribution in [3.05, 3.63) is 23.7 Å². The molecule has 16 heavy (non-hydrogen) atoms. The molecule has 0 radical (unpaired) electrons. The summed E-state index contributed by atoms with van der Waals surface area (Å²) in [6.45, 7) is 2.74. The smallest absolute Gasteiger partial charge is 0.373 e. The molecule has 1 aromatic rings. The summed E-state index contributed by atoms with van der Waals surface area (Å²) >= 11 is 1.79. The first-order chi connectivity index (χ1) is 7.67. The van der Waals surface area contributed by atoms with E-state index in [0.717, 1.165) is 11.5 Å². The highest BCUT2D eigenvalue weighted by atomic mass is 32.2. The monoisotopic (exact) mass is 243 g/mol. The summed E-state index contributed by atoms with van der Waals surface area (Å²) in [7, 11) is 1.34. The van der Waals surface area contributed by atoms with Crippen molar-refractivity contribution in [2.45, 2.75) is 19.5 Å². The SMILES string of the molecule is COC(=O)c1ccc(CNC(C)CSC)o1. The van der Waals surface area contributed by atoms with Gasteiger partial charge in [0, 0.05) is 11.8 Å². The van der Waals surface area contributed by atoms with Gasteiger partial charge in [0.15, 0.2) is 0 Å². The number of methoxy groups -OCH3 is 1. The van der Waals surface area contributed by atoms with E-state index in [1.165, 1.54) is 7.11 Å². The molecule has 0 spiro atoms. The number of esters is 1. The van der Waals surface area contributed by atoms with Gasteiger partial charge in [0.1, 0.15) is 5.76 Å². The maximum Gasteiger partial charge on any atom is 0.373 e. The molecule has 0 aromatic carbocycles. The number of nitrogens with one attached hydrogen (secondary N) is 1. The number of rotatable bonds is 6. The van der Waals surface area contributed by atoms with Crippen LogP contribution in [0.5, 0.6) is 0 Å². The molecule has 0 aliphatic rings. The largest absolute Gasteiger partial charge is 0.463 e. The molecule has 1 unspecified atom stereocenters. The summed E-state index contributed by atoms with van der Waals surface area (Å²) in [5, 5.41) is 3.30. The van der Waals surface area contributed by atoms with Crippen molar-refractivity contribution in [3.8, 4) is 0 Å². The van der Waals surface area contributed by atoms with Crippen LogP contribution in [-0.4, -0.2) is 31.1 Å². The molecule has 4 nitrogen and oxygen atoms in total. The molecule has 5 heteroatoms. The second kappa shape index (κ2) is 6.60. The second-order valence-electron chi connectivity index (χ2n) is 3.49. The third-order valence-electron chi connectivity index (χ3n) is 2.09. The molecule has 1 rings (SSSR count). The zero-order valence-electron chi connectivity index (χ0n) is 9.78. The van der Waals surface area contributed by atoms with Gasteiger partial charge in [-0.25, -0.2) is 4.79 Å². The van der Waals surface area contributed by atoms with Crippen LogP contribution < -0.4 is 5.32 Å². The van der Waals surface area contributed by atoms with Crippen molar-refractivity contribution < 1.29 is 13.9 Å². The fourth-order valence-corrected chi connectivity index (χ4v) is 1.88. The van der Waals surface area contributed by atoms with Gasteiger partial charge in [-0.15, -0.1) is 0 Å². The summed E-state index contributed by atoms with van der Waals surface area (Å²) < 4.78 is 9.88. The lowest BCUT2D eigenvalue weighted by Crippen LogP contribution is -2.27. The second-order valence-corrected chi connectivity index (χ2v) is 4.41. The molecule has 0 aliphatic carbocycles. The van der Waals surface area contributed by atoms with Gasteiger partial charge in [0.25, 0.3) is 0 Å². The van der Waals surface area contributed by atoms with E-state index < -0.39 is 5.97 Å². The van der Waals surface area contributed by atoms with Gasteiger partial charge < -0.3 is 14.5 Å². The molecule has 1 atom stereocenters. The Balaban J connectivity index is 2.43. The highest BCUT2D eigenvalue weighted by molar-refractivity contribution is 7.98. The Hall–Kier alpha value is -0.940. The van der Waals surface area contributed by atoms with Crippen molar-refractivity contribution in [1.82, 2.24) is 5.32 Å². The minimum Gasteiger partial charge on any atom is -0.463 e. The Bertz CT molecular complexity index is 338. The first-order valence-corrected chi connectivity index (χ1v) is 6.46. The quantitative estimate of drug-likeness (QED) is 0.773. The minimum atomic E-state index is -0.441. The van der Waals surface area contributed by atoms with Crippen LogP contribution in [-0.2, 0) is 11.3 Å². The third-order valence-corrected chi connectivity index (χ3v) is 2.92. The summed E-state index contributed by atoms with van der Waals surface area (Å²) in [6, 6.07) is 3.83. The lowest BCUT2D eigenvalue weighted by atomic mass is 10.3. The van der Waals surface area contributed by atoms with E-state index in [2.05, 4.69) is 23.2 Å². The zero-order chi connectivity index (χ0) is 12.0. The van der Waals surface area contributed by atoms with E-state index in [4.69, 9.17) is 4.42 Å². The van der Waals surface area contributed by atoms with Crippen LogP contribution in [0.1, 0.15) is 23.2 Å². The molecule has 1 aromatic heterocycles. The molecule has 0 bridgehead atoms. The number of thioether (sulfide) groups is 1. The van der Waals surface area contributed by atoms with E-state index in [9.17, 15) is 4.79 Å². The fourth-order valence-electron chi connectivity index (χ4n) is 1.27. The maximum absolute atomic E-state index is 11.1. The molecular weight excluding hydrogens is 226 g/mol. The summed E-state index contributed by atoms with van der Waals surface area (Å²) in [4.78, 5) is 11.1. The number of carbonyl (C=O) groups excluding carboxylic acids is 1. The van der Waals surface area contributed by atoms with Gasteiger partial charge in [-0.3, -0.25) is 0 Å². The topological polar surface area (TPSA) is 51.5 Å². The molecule has 0 saturated carbocycles. The van der Waals surface area contributed by atoms with Crippen LogP contribution in [0.15, 0.2) is 16.5 Å². The van der Waals surface area contributed by atoms with Crippen LogP contribution in [0.3, 0.4) is 0 Å². The highest BCUT2D eigenvalue weighted by Gasteiger charge is 2.11. The Morgan fingerprint density at radius 2 is 2.38 bits per heavy atom. The summed E-state index contributed by atoms with van der Waals surface area (Å²) in [5.41, 5.74) is 0. The molecule has 0 amide bonds. The average Bonchev–Trinajstić information content (AvgIpc) is 2.74. The van der Waals surface area contributed by atoms with E-state index in [1.54, 1.807) is 23.9 Å². The summed E-state index contributed by atoms with van der Waals surface area (Å²) in [5.74, 6) is 1.60. The molecule has 0 fully saturated rings. The Morgan fingerprint density at radius 3 is 3.00 bits per heavy atom. The number of hydrogen-bond donors (Lipinski definition) is 1. The molecule has 0 saturated heterocycles. The average molecular weight is 243 g/mol. The number of carbonyl (C=O) groups is 1. The lowest BCUT2D eigenvalue weighted by Gasteiger charge is -2.10. The molecule has 0 aliphatic heterocycles. The van der Waals surface area contributed by atoms with Crippen LogP contribution in [0, 0.1) is 0 Å². The first-order valence-electron chi connectivity index (χ1n) is 5.06. The standard InChI is InChI=1S/C11H17NO3S/c1-8(7-16-3)12-6-9-4-5-10(15-9)11(13)14-2/h4-5,8,12H,6-7H2,1-3H3. The first kappa shape index (κ1) is 13.1. The normalized spacial score (nSPS) is 12.4. The molecule has 1 N–H and O–H groups in total. The molecular formula is C11H17NO3S. The molecule has 1 heterocycles. The van der Waals surface area contributed by atoms with E-state index in [0.29, 0.717) is 12.6 Å². The van der Waals surface area contributed by atoms with Gasteiger partial charge in [-0.2, -0.15) is 11.8 Å². The van der Waals surface area contributed by atoms with Gasteiger partial charge >= 0.3 is 5.97 Å². The number of ether oxygens (including phenoxy) is 1. The van der Waals surface area contributed by atoms with Crippen molar-refractivity contribution in [1.29, 1.82) is 0 Å². The number of hydrogen-bond acceptors (Lipinski definition) is 5. The fraction of sp³-hybridized carbons (Fsp3) is 0.545. The third kappa shape index (κ3) is 3.90. The van der Waals surface area contributed by atoms with Crippen molar-refractivity contribution in [2.24, 2.45) is 0 Å². The van der Waals surface area contributed by atoms with E-state index in [1.807, 2.05) is 0 Å². The number of furan rings is 1. The van der Waals surface area contributed by atoms with Crippen LogP contribution >= 0.6 is 11.8 Å². The van der Waals surface area contributed by atoms with Gasteiger partial charge in [0.2, 0.25) is 5.76 Å². The van der Waals surface area contributed by atoms with Crippen LogP contribution in [0.25, 0.3) is 0 Å². The van der Waals surface area contributed by atoms with Crippen LogP contribution in [0.4, 0.5) is 0 Å². The predicted molar refractivity (Wildman–Crippen MR) is 64.7 cm³/mol. The lowest BCUT2D eigenvalue weighted by molar-refractivity contribution is 0.0563. The summed E-state index contributed by atoms with van der Waals surface area (Å²) in [6.07, 6.45) is 2.07. The Morgan fingerprint density at radius 1 is 1.62 bits per heavy atom. The Kier molecular flexibility index (Phi) is 5.42. The van der Waals surface area contributed by atoms with Gasteiger partial charge in [-0.1, -0.05) is 0 Å². The van der Waals surface area contributed by atoms with Crippen molar-refractivity contribution >= 4 is 17.7 Å². The minimum absolute atomic E-state index is 0.247. The Labute approximate surface area is 99.7 Å². The van der Waals surface area contributed by atoms with Crippen molar-refractivity contribution in [2.75, 3.05) is 19.1 Å². The molecule has 90 valence electrons. The van der Waals surface area contributed by atoms with Crippen molar-refractivity contribution in [3.63, 3.8) is 0 Å². The van der Waals surface area contributed by atoms with Gasteiger partial charge in [-0.05, 0) is 25.3 Å². The zero-order valence-corrected chi connectivity index (χ0v) is 10.6. The predicted octanol–water partition coefficient (Wildman–Crippen LogP) is 1.91. The van der Waals surface area contributed by atoms with Crippen LogP contribution in [0.2, 0.25) is 0 Å².